The summed E-state index contributed by atoms with van der Waals surface area (Å²) >= 11 is 6.86. The number of ether oxygens (including phenoxy) is 3. The fraction of sp³-hybridized carbons (Fsp3) is 0.381. The Morgan fingerprint density at radius 2 is 2.04 bits per heavy atom. The number of carbonyl (C=O) groups excluding carboxylic acids is 1. The van der Waals surface area contributed by atoms with Gasteiger partial charge in [0.25, 0.3) is 0 Å². The molecule has 5 nitrogen and oxygen atoms in total. The number of halogens is 1. The highest BCUT2D eigenvalue weighted by atomic mass is 35.5. The molecule has 0 spiro atoms. The van der Waals surface area contributed by atoms with Gasteiger partial charge in [0, 0.05) is 5.88 Å². The highest BCUT2D eigenvalue weighted by molar-refractivity contribution is 8.00. The Labute approximate surface area is 173 Å². The predicted octanol–water partition coefficient (Wildman–Crippen LogP) is 4.04. The first-order valence-electron chi connectivity index (χ1n) is 9.13. The largest absolute Gasteiger partial charge is 0.489 e. The number of hydrogen-bond donors (Lipinski definition) is 1. The van der Waals surface area contributed by atoms with E-state index in [9.17, 15) is 9.90 Å². The molecule has 28 heavy (non-hydrogen) atoms. The zero-order chi connectivity index (χ0) is 19.9. The molecular weight excluding hydrogens is 400 g/mol. The third kappa shape index (κ3) is 5.34. The first-order chi connectivity index (χ1) is 13.6. The molecule has 0 bridgehead atoms. The number of aliphatic hydroxyl groups excluding tert-OH is 1. The Balaban J connectivity index is 1.73. The number of benzene rings is 2. The minimum atomic E-state index is -0.991. The van der Waals surface area contributed by atoms with Gasteiger partial charge in [0.05, 0.1) is 11.5 Å². The van der Waals surface area contributed by atoms with E-state index in [0.29, 0.717) is 30.4 Å². The number of alkyl halides is 1. The topological polar surface area (TPSA) is 65.0 Å². The smallest absolute Gasteiger partial charge is 0.322 e. The lowest BCUT2D eigenvalue weighted by Gasteiger charge is -2.22. The lowest BCUT2D eigenvalue weighted by Crippen LogP contribution is -2.41. The molecular formula is C21H23ClO5S. The van der Waals surface area contributed by atoms with Crippen LogP contribution in [0.2, 0.25) is 0 Å². The van der Waals surface area contributed by atoms with Gasteiger partial charge in [0.15, 0.2) is 0 Å². The Hall–Kier alpha value is -1.89. The first-order valence-corrected chi connectivity index (χ1v) is 10.5. The van der Waals surface area contributed by atoms with Crippen LogP contribution in [0.1, 0.15) is 18.9 Å². The normalized spacial score (nSPS) is 21.2. The second-order valence-electron chi connectivity index (χ2n) is 6.44. The Morgan fingerprint density at radius 1 is 1.25 bits per heavy atom. The summed E-state index contributed by atoms with van der Waals surface area (Å²) in [6, 6.07) is 15.3. The molecule has 0 radical (unpaired) electrons. The van der Waals surface area contributed by atoms with Crippen molar-refractivity contribution in [1.82, 2.24) is 0 Å². The summed E-state index contributed by atoms with van der Waals surface area (Å²) in [6.45, 7) is 2.40. The maximum atomic E-state index is 12.5. The van der Waals surface area contributed by atoms with E-state index in [0.717, 1.165) is 10.5 Å². The van der Waals surface area contributed by atoms with Gasteiger partial charge < -0.3 is 19.3 Å². The highest BCUT2D eigenvalue weighted by Gasteiger charge is 2.37. The van der Waals surface area contributed by atoms with Crippen LogP contribution in [0.4, 0.5) is 0 Å². The molecule has 1 heterocycles. The molecule has 0 aliphatic carbocycles. The van der Waals surface area contributed by atoms with Crippen LogP contribution in [-0.2, 0) is 16.1 Å². The molecule has 2 aromatic rings. The summed E-state index contributed by atoms with van der Waals surface area (Å²) in [5.41, 5.74) is 1.06. The third-order valence-electron chi connectivity index (χ3n) is 4.28. The van der Waals surface area contributed by atoms with Crippen molar-refractivity contribution in [1.29, 1.82) is 0 Å². The van der Waals surface area contributed by atoms with Gasteiger partial charge in [-0.2, -0.15) is 0 Å². The van der Waals surface area contributed by atoms with E-state index in [4.69, 9.17) is 25.8 Å². The Morgan fingerprint density at radius 3 is 2.79 bits per heavy atom. The van der Waals surface area contributed by atoms with Gasteiger partial charge in [-0.25, -0.2) is 0 Å². The summed E-state index contributed by atoms with van der Waals surface area (Å²) in [5.74, 6) is 1.22. The van der Waals surface area contributed by atoms with Gasteiger partial charge in [-0.15, -0.1) is 23.4 Å². The number of thioether (sulfide) groups is 1. The molecule has 1 unspecified atom stereocenters. The molecule has 2 aromatic carbocycles. The molecule has 1 aliphatic rings. The van der Waals surface area contributed by atoms with Crippen LogP contribution in [0.15, 0.2) is 53.4 Å². The molecule has 1 aliphatic heterocycles. The quantitative estimate of drug-likeness (QED) is 0.412. The molecule has 0 fully saturated rings. The second-order valence-corrected chi connectivity index (χ2v) is 8.01. The lowest BCUT2D eigenvalue weighted by atomic mass is 10.1. The minimum Gasteiger partial charge on any atom is -0.489 e. The Kier molecular flexibility index (Phi) is 7.48. The van der Waals surface area contributed by atoms with Crippen LogP contribution in [-0.4, -0.2) is 41.0 Å². The fourth-order valence-corrected chi connectivity index (χ4v) is 4.05. The molecule has 7 heteroatoms. The standard InChI is InChI=1S/C21H23ClO5S/c1-14-19(23)20(21(24)25-11-5-10-22)28-18-12-16(8-9-17(18)27-14)26-13-15-6-3-2-4-7-15/h2-4,6-9,12,14,19-20,23H,5,10-11,13H2,1H3/t14?,19-,20-/m0/s1. The van der Waals surface area contributed by atoms with Crippen LogP contribution < -0.4 is 9.47 Å². The van der Waals surface area contributed by atoms with Gasteiger partial charge in [-0.1, -0.05) is 30.3 Å². The van der Waals surface area contributed by atoms with Crippen LogP contribution in [0, 0.1) is 0 Å². The van der Waals surface area contributed by atoms with Crippen molar-refractivity contribution in [2.24, 2.45) is 0 Å². The average molecular weight is 423 g/mol. The van der Waals surface area contributed by atoms with Crippen LogP contribution in [0.3, 0.4) is 0 Å². The van der Waals surface area contributed by atoms with E-state index in [1.165, 1.54) is 11.8 Å². The van der Waals surface area contributed by atoms with E-state index < -0.39 is 23.4 Å². The zero-order valence-electron chi connectivity index (χ0n) is 15.5. The van der Waals surface area contributed by atoms with Crippen LogP contribution >= 0.6 is 23.4 Å². The molecule has 0 saturated carbocycles. The van der Waals surface area contributed by atoms with Crippen LogP contribution in [0.5, 0.6) is 11.5 Å². The molecule has 0 aromatic heterocycles. The molecule has 1 N–H and O–H groups in total. The van der Waals surface area contributed by atoms with Crippen molar-refractivity contribution in [2.45, 2.75) is 42.3 Å². The number of esters is 1. The van der Waals surface area contributed by atoms with Crippen molar-refractivity contribution in [2.75, 3.05) is 12.5 Å². The van der Waals surface area contributed by atoms with E-state index in [2.05, 4.69) is 0 Å². The van der Waals surface area contributed by atoms with Gasteiger partial charge in [-0.3, -0.25) is 4.79 Å². The molecule has 3 rings (SSSR count). The number of aliphatic hydroxyl groups is 1. The second kappa shape index (κ2) is 10.0. The molecule has 150 valence electrons. The monoisotopic (exact) mass is 422 g/mol. The van der Waals surface area contributed by atoms with Crippen molar-refractivity contribution < 1.29 is 24.1 Å². The third-order valence-corrected chi connectivity index (χ3v) is 5.84. The maximum absolute atomic E-state index is 12.5. The molecule has 0 saturated heterocycles. The van der Waals surface area contributed by atoms with E-state index in [-0.39, 0.29) is 6.61 Å². The number of fused-ring (bicyclic) bond motifs is 1. The fourth-order valence-electron chi connectivity index (χ4n) is 2.73. The lowest BCUT2D eigenvalue weighted by molar-refractivity contribution is -0.146. The SMILES string of the molecule is CC1Oc2ccc(OCc3ccccc3)cc2S[C@H](C(=O)OCCCCl)[C@H]1O. The van der Waals surface area contributed by atoms with Gasteiger partial charge in [0.2, 0.25) is 0 Å². The van der Waals surface area contributed by atoms with E-state index in [1.54, 1.807) is 13.0 Å². The predicted molar refractivity (Wildman–Crippen MR) is 109 cm³/mol. The number of carbonyl (C=O) groups is 1. The summed E-state index contributed by atoms with van der Waals surface area (Å²) in [6.07, 6.45) is -0.967. The molecule has 0 amide bonds. The van der Waals surface area contributed by atoms with Gasteiger partial charge in [-0.05, 0) is 37.1 Å². The van der Waals surface area contributed by atoms with E-state index in [1.807, 2.05) is 42.5 Å². The maximum Gasteiger partial charge on any atom is 0.322 e. The summed E-state index contributed by atoms with van der Waals surface area (Å²) in [7, 11) is 0. The average Bonchev–Trinajstić information content (AvgIpc) is 2.83. The number of rotatable bonds is 7. The van der Waals surface area contributed by atoms with E-state index >= 15 is 0 Å². The highest BCUT2D eigenvalue weighted by Crippen LogP contribution is 2.41. The zero-order valence-corrected chi connectivity index (χ0v) is 17.1. The van der Waals surface area contributed by atoms with Crippen molar-refractivity contribution in [3.05, 3.63) is 54.1 Å². The van der Waals surface area contributed by atoms with Crippen LogP contribution in [0.25, 0.3) is 0 Å². The van der Waals surface area contributed by atoms with Gasteiger partial charge >= 0.3 is 5.97 Å². The molecule has 3 atom stereocenters. The summed E-state index contributed by atoms with van der Waals surface area (Å²) in [4.78, 5) is 13.2. The number of hydrogen-bond acceptors (Lipinski definition) is 6. The minimum absolute atomic E-state index is 0.231. The van der Waals surface area contributed by atoms with Gasteiger partial charge in [0.1, 0.15) is 35.6 Å². The van der Waals surface area contributed by atoms with Crippen molar-refractivity contribution in [3.63, 3.8) is 0 Å². The first kappa shape index (κ1) is 20.8. The van der Waals surface area contributed by atoms with Crippen molar-refractivity contribution in [3.8, 4) is 11.5 Å². The summed E-state index contributed by atoms with van der Waals surface area (Å²) in [5, 5.41) is 9.75. The Bertz CT molecular complexity index is 786. The van der Waals surface area contributed by atoms with Crippen molar-refractivity contribution >= 4 is 29.3 Å². The summed E-state index contributed by atoms with van der Waals surface area (Å²) < 4.78 is 17.0.